The number of fused-ring (bicyclic) bond motifs is 1. The van der Waals surface area contributed by atoms with Crippen LogP contribution in [0.2, 0.25) is 0 Å². The maximum Gasteiger partial charge on any atom is 0.286 e. The molecule has 0 fully saturated rings. The molecular formula is C17H18N2O3. The first kappa shape index (κ1) is 14.4. The fourth-order valence-corrected chi connectivity index (χ4v) is 2.59. The summed E-state index contributed by atoms with van der Waals surface area (Å²) in [5.74, 6) is 0.110. The first-order valence-corrected chi connectivity index (χ1v) is 7.25. The van der Waals surface area contributed by atoms with Gasteiger partial charge in [-0.05, 0) is 49.6 Å². The van der Waals surface area contributed by atoms with E-state index < -0.39 is 5.41 Å². The number of carbonyl (C=O) groups is 2. The zero-order chi connectivity index (χ0) is 15.7. The summed E-state index contributed by atoms with van der Waals surface area (Å²) in [5.41, 5.74) is 2.46. The van der Waals surface area contributed by atoms with Crippen LogP contribution in [0.5, 0.6) is 0 Å². The van der Waals surface area contributed by atoms with E-state index >= 15 is 0 Å². The van der Waals surface area contributed by atoms with Crippen molar-refractivity contribution in [1.82, 2.24) is 5.32 Å². The molecule has 3 rings (SSSR count). The van der Waals surface area contributed by atoms with Crippen LogP contribution in [0.15, 0.2) is 41.0 Å². The lowest BCUT2D eigenvalue weighted by Gasteiger charge is -2.15. The number of benzene rings is 1. The first-order chi connectivity index (χ1) is 10.5. The highest BCUT2D eigenvalue weighted by molar-refractivity contribution is 6.05. The Hall–Kier alpha value is -2.56. The van der Waals surface area contributed by atoms with Gasteiger partial charge in [0.2, 0.25) is 5.91 Å². The Balaban J connectivity index is 1.64. The Bertz CT molecular complexity index is 718. The van der Waals surface area contributed by atoms with Crippen molar-refractivity contribution in [2.75, 3.05) is 11.9 Å². The number of rotatable bonds is 4. The number of hydrogen-bond donors (Lipinski definition) is 2. The van der Waals surface area contributed by atoms with Gasteiger partial charge in [0.1, 0.15) is 0 Å². The van der Waals surface area contributed by atoms with E-state index in [9.17, 15) is 9.59 Å². The average Bonchev–Trinajstić information content (AvgIpc) is 3.08. The quantitative estimate of drug-likeness (QED) is 0.911. The summed E-state index contributed by atoms with van der Waals surface area (Å²) in [6.45, 7) is 4.34. The van der Waals surface area contributed by atoms with Gasteiger partial charge in [-0.15, -0.1) is 0 Å². The summed E-state index contributed by atoms with van der Waals surface area (Å²) >= 11 is 0. The minimum atomic E-state index is -0.511. The van der Waals surface area contributed by atoms with Crippen molar-refractivity contribution in [2.45, 2.75) is 25.7 Å². The van der Waals surface area contributed by atoms with E-state index in [2.05, 4.69) is 10.6 Å². The molecule has 2 amide bonds. The van der Waals surface area contributed by atoms with Crippen LogP contribution >= 0.6 is 0 Å². The molecule has 0 atom stereocenters. The van der Waals surface area contributed by atoms with Crippen LogP contribution < -0.4 is 10.6 Å². The van der Waals surface area contributed by atoms with Crippen LogP contribution in [-0.4, -0.2) is 18.4 Å². The number of anilines is 1. The smallest absolute Gasteiger partial charge is 0.286 e. The molecule has 0 radical (unpaired) electrons. The van der Waals surface area contributed by atoms with Crippen LogP contribution in [0, 0.1) is 0 Å². The second-order valence-electron chi connectivity index (χ2n) is 5.94. The zero-order valence-corrected chi connectivity index (χ0v) is 12.6. The summed E-state index contributed by atoms with van der Waals surface area (Å²) in [5, 5.41) is 5.70. The molecule has 0 spiro atoms. The molecule has 5 heteroatoms. The Morgan fingerprint density at radius 2 is 2.14 bits per heavy atom. The SMILES string of the molecule is CC1(C)C(=O)Nc2ccc(CCNC(=O)c3ccco3)cc21. The fourth-order valence-electron chi connectivity index (χ4n) is 2.59. The van der Waals surface area contributed by atoms with E-state index in [0.717, 1.165) is 16.8 Å². The molecule has 1 aromatic carbocycles. The predicted molar refractivity (Wildman–Crippen MR) is 82.8 cm³/mol. The number of hydrogen-bond acceptors (Lipinski definition) is 3. The van der Waals surface area contributed by atoms with Gasteiger partial charge in [0.15, 0.2) is 5.76 Å². The minimum Gasteiger partial charge on any atom is -0.459 e. The molecule has 0 aliphatic carbocycles. The van der Waals surface area contributed by atoms with Gasteiger partial charge in [-0.3, -0.25) is 9.59 Å². The van der Waals surface area contributed by atoms with Gasteiger partial charge < -0.3 is 15.1 Å². The molecule has 0 saturated heterocycles. The Morgan fingerprint density at radius 3 is 2.86 bits per heavy atom. The van der Waals surface area contributed by atoms with Gasteiger partial charge >= 0.3 is 0 Å². The zero-order valence-electron chi connectivity index (χ0n) is 12.6. The Labute approximate surface area is 128 Å². The van der Waals surface area contributed by atoms with Gasteiger partial charge in [0.25, 0.3) is 5.91 Å². The Morgan fingerprint density at radius 1 is 1.32 bits per heavy atom. The maximum absolute atomic E-state index is 11.9. The molecular weight excluding hydrogens is 280 g/mol. The largest absolute Gasteiger partial charge is 0.459 e. The molecule has 2 aromatic rings. The number of furan rings is 1. The van der Waals surface area contributed by atoms with Crippen molar-refractivity contribution in [3.05, 3.63) is 53.5 Å². The van der Waals surface area contributed by atoms with Crippen molar-refractivity contribution < 1.29 is 14.0 Å². The third-order valence-corrected chi connectivity index (χ3v) is 4.02. The lowest BCUT2D eigenvalue weighted by molar-refractivity contribution is -0.119. The van der Waals surface area contributed by atoms with E-state index in [0.29, 0.717) is 18.7 Å². The lowest BCUT2D eigenvalue weighted by atomic mass is 9.85. The highest BCUT2D eigenvalue weighted by Crippen LogP contribution is 2.37. The molecule has 5 nitrogen and oxygen atoms in total. The molecule has 2 heterocycles. The van der Waals surface area contributed by atoms with Gasteiger partial charge in [0, 0.05) is 12.2 Å². The van der Waals surface area contributed by atoms with Gasteiger partial charge in [-0.25, -0.2) is 0 Å². The molecule has 0 bridgehead atoms. The molecule has 2 N–H and O–H groups in total. The van der Waals surface area contributed by atoms with Gasteiger partial charge in [0.05, 0.1) is 11.7 Å². The summed E-state index contributed by atoms with van der Waals surface area (Å²) in [6, 6.07) is 9.24. The minimum absolute atomic E-state index is 0.0192. The van der Waals surface area contributed by atoms with Crippen LogP contribution in [-0.2, 0) is 16.6 Å². The summed E-state index contributed by atoms with van der Waals surface area (Å²) in [7, 11) is 0. The molecule has 114 valence electrons. The van der Waals surface area contributed by atoms with E-state index in [-0.39, 0.29) is 11.8 Å². The number of nitrogens with one attached hydrogen (secondary N) is 2. The van der Waals surface area contributed by atoms with Crippen molar-refractivity contribution in [1.29, 1.82) is 0 Å². The van der Waals surface area contributed by atoms with E-state index in [1.807, 2.05) is 32.0 Å². The standard InChI is InChI=1S/C17H18N2O3/c1-17(2)12-10-11(5-6-13(12)19-16(17)21)7-8-18-15(20)14-4-3-9-22-14/h3-6,9-10H,7-8H2,1-2H3,(H,18,20)(H,19,21). The normalized spacial score (nSPS) is 15.3. The average molecular weight is 298 g/mol. The van der Waals surface area contributed by atoms with Crippen molar-refractivity contribution >= 4 is 17.5 Å². The summed E-state index contributed by atoms with van der Waals surface area (Å²) < 4.78 is 5.04. The molecule has 0 saturated carbocycles. The van der Waals surface area contributed by atoms with Crippen LogP contribution in [0.25, 0.3) is 0 Å². The number of carbonyl (C=O) groups excluding carboxylic acids is 2. The van der Waals surface area contributed by atoms with Crippen LogP contribution in [0.1, 0.15) is 35.5 Å². The van der Waals surface area contributed by atoms with Crippen molar-refractivity contribution in [2.24, 2.45) is 0 Å². The molecule has 1 aliphatic rings. The Kier molecular flexibility index (Phi) is 3.48. The first-order valence-electron chi connectivity index (χ1n) is 7.25. The molecule has 1 aliphatic heterocycles. The monoisotopic (exact) mass is 298 g/mol. The van der Waals surface area contributed by atoms with Gasteiger partial charge in [-0.1, -0.05) is 12.1 Å². The predicted octanol–water partition coefficient (Wildman–Crippen LogP) is 2.48. The molecule has 1 aromatic heterocycles. The summed E-state index contributed by atoms with van der Waals surface area (Å²) in [6.07, 6.45) is 2.17. The lowest BCUT2D eigenvalue weighted by Crippen LogP contribution is -2.27. The second kappa shape index (κ2) is 5.33. The third-order valence-electron chi connectivity index (χ3n) is 4.02. The highest BCUT2D eigenvalue weighted by atomic mass is 16.3. The molecule has 22 heavy (non-hydrogen) atoms. The number of amides is 2. The van der Waals surface area contributed by atoms with E-state index in [4.69, 9.17) is 4.42 Å². The van der Waals surface area contributed by atoms with Gasteiger partial charge in [-0.2, -0.15) is 0 Å². The van der Waals surface area contributed by atoms with Crippen LogP contribution in [0.4, 0.5) is 5.69 Å². The fraction of sp³-hybridized carbons (Fsp3) is 0.294. The summed E-state index contributed by atoms with van der Waals surface area (Å²) in [4.78, 5) is 23.7. The molecule has 0 unspecified atom stereocenters. The van der Waals surface area contributed by atoms with E-state index in [1.54, 1.807) is 12.1 Å². The van der Waals surface area contributed by atoms with Crippen molar-refractivity contribution in [3.8, 4) is 0 Å². The third kappa shape index (κ3) is 2.50. The highest BCUT2D eigenvalue weighted by Gasteiger charge is 2.38. The topological polar surface area (TPSA) is 71.3 Å². The maximum atomic E-state index is 11.9. The van der Waals surface area contributed by atoms with E-state index in [1.165, 1.54) is 6.26 Å². The second-order valence-corrected chi connectivity index (χ2v) is 5.94. The van der Waals surface area contributed by atoms with Crippen molar-refractivity contribution in [3.63, 3.8) is 0 Å². The van der Waals surface area contributed by atoms with Crippen LogP contribution in [0.3, 0.4) is 0 Å².